The van der Waals surface area contributed by atoms with Crippen LogP contribution in [0.2, 0.25) is 0 Å². The van der Waals surface area contributed by atoms with Crippen molar-refractivity contribution in [2.45, 2.75) is 26.7 Å². The maximum Gasteiger partial charge on any atom is 0.303 e. The molecule has 4 heteroatoms. The molecule has 17 heavy (non-hydrogen) atoms. The lowest BCUT2D eigenvalue weighted by atomic mass is 10.0. The van der Waals surface area contributed by atoms with Crippen LogP contribution in [0.1, 0.15) is 34.3 Å². The Hall–Kier alpha value is -1.84. The highest BCUT2D eigenvalue weighted by atomic mass is 16.4. The number of carboxylic acids is 1. The summed E-state index contributed by atoms with van der Waals surface area (Å²) in [7, 11) is 0. The van der Waals surface area contributed by atoms with Gasteiger partial charge < -0.3 is 10.4 Å². The van der Waals surface area contributed by atoms with Gasteiger partial charge in [-0.2, -0.15) is 0 Å². The second-order valence-corrected chi connectivity index (χ2v) is 4.02. The number of nitrogens with one attached hydrogen (secondary N) is 1. The summed E-state index contributed by atoms with van der Waals surface area (Å²) >= 11 is 0. The van der Waals surface area contributed by atoms with Gasteiger partial charge in [0.05, 0.1) is 0 Å². The first kappa shape index (κ1) is 13.2. The Bertz CT molecular complexity index is 406. The minimum absolute atomic E-state index is 0.0764. The zero-order valence-electron chi connectivity index (χ0n) is 10.1. The van der Waals surface area contributed by atoms with Gasteiger partial charge in [0.2, 0.25) is 0 Å². The zero-order valence-corrected chi connectivity index (χ0v) is 10.1. The van der Waals surface area contributed by atoms with Gasteiger partial charge in [0, 0.05) is 18.5 Å². The molecule has 1 aromatic rings. The van der Waals surface area contributed by atoms with Crippen molar-refractivity contribution in [3.63, 3.8) is 0 Å². The molecule has 0 aliphatic heterocycles. The van der Waals surface area contributed by atoms with Crippen LogP contribution in [0.4, 0.5) is 0 Å². The quantitative estimate of drug-likeness (QED) is 0.766. The van der Waals surface area contributed by atoms with E-state index in [4.69, 9.17) is 5.11 Å². The van der Waals surface area contributed by atoms with E-state index < -0.39 is 5.97 Å². The van der Waals surface area contributed by atoms with Crippen LogP contribution in [0, 0.1) is 13.8 Å². The number of hydrogen-bond donors (Lipinski definition) is 2. The number of carbonyl (C=O) groups is 2. The largest absolute Gasteiger partial charge is 0.481 e. The summed E-state index contributed by atoms with van der Waals surface area (Å²) < 4.78 is 0. The molecule has 1 rings (SSSR count). The van der Waals surface area contributed by atoms with Crippen LogP contribution < -0.4 is 5.32 Å². The van der Waals surface area contributed by atoms with Crippen molar-refractivity contribution in [2.75, 3.05) is 6.54 Å². The van der Waals surface area contributed by atoms with E-state index in [0.717, 1.165) is 11.1 Å². The monoisotopic (exact) mass is 235 g/mol. The maximum atomic E-state index is 11.9. The van der Waals surface area contributed by atoms with E-state index in [1.54, 1.807) is 0 Å². The fraction of sp³-hybridized carbons (Fsp3) is 0.385. The highest BCUT2D eigenvalue weighted by molar-refractivity contribution is 5.97. The fourth-order valence-electron chi connectivity index (χ4n) is 1.70. The van der Waals surface area contributed by atoms with E-state index in [-0.39, 0.29) is 12.3 Å². The summed E-state index contributed by atoms with van der Waals surface area (Å²) in [4.78, 5) is 22.2. The van der Waals surface area contributed by atoms with Gasteiger partial charge in [-0.1, -0.05) is 18.2 Å². The van der Waals surface area contributed by atoms with Crippen LogP contribution in [-0.4, -0.2) is 23.5 Å². The molecule has 0 aliphatic rings. The molecule has 0 saturated carbocycles. The van der Waals surface area contributed by atoms with Crippen LogP contribution in [0.25, 0.3) is 0 Å². The third-order valence-electron chi connectivity index (χ3n) is 2.56. The summed E-state index contributed by atoms with van der Waals surface area (Å²) in [5.41, 5.74) is 2.55. The number of carboxylic acid groups (broad SMARTS) is 1. The second-order valence-electron chi connectivity index (χ2n) is 4.02. The van der Waals surface area contributed by atoms with Crippen LogP contribution in [0.5, 0.6) is 0 Å². The summed E-state index contributed by atoms with van der Waals surface area (Å²) in [6, 6.07) is 5.68. The molecule has 92 valence electrons. The Balaban J connectivity index is 2.55. The average molecular weight is 235 g/mol. The molecule has 2 N–H and O–H groups in total. The number of rotatable bonds is 5. The second kappa shape index (κ2) is 6.03. The molecule has 0 saturated heterocycles. The molecular formula is C13H17NO3. The molecule has 0 aromatic heterocycles. The first-order valence-corrected chi connectivity index (χ1v) is 5.58. The van der Waals surface area contributed by atoms with E-state index in [1.165, 1.54) is 0 Å². The molecule has 0 atom stereocenters. The van der Waals surface area contributed by atoms with E-state index in [0.29, 0.717) is 18.5 Å². The first-order chi connectivity index (χ1) is 8.02. The standard InChI is InChI=1S/C13H17NO3/c1-9-5-3-6-10(2)12(9)13(17)14-8-4-7-11(15)16/h3,5-6H,4,7-8H2,1-2H3,(H,14,17)(H,15,16). The molecule has 0 bridgehead atoms. The number of amides is 1. The first-order valence-electron chi connectivity index (χ1n) is 5.58. The SMILES string of the molecule is Cc1cccc(C)c1C(=O)NCCCC(=O)O. The van der Waals surface area contributed by atoms with Gasteiger partial charge in [0.1, 0.15) is 0 Å². The topological polar surface area (TPSA) is 66.4 Å². The zero-order chi connectivity index (χ0) is 12.8. The lowest BCUT2D eigenvalue weighted by molar-refractivity contribution is -0.137. The van der Waals surface area contributed by atoms with E-state index >= 15 is 0 Å². The van der Waals surface area contributed by atoms with E-state index in [2.05, 4.69) is 5.32 Å². The molecule has 0 spiro atoms. The molecule has 0 fully saturated rings. The van der Waals surface area contributed by atoms with Crippen LogP contribution in [0.3, 0.4) is 0 Å². The Labute approximate surface area is 101 Å². The maximum absolute atomic E-state index is 11.9. The Kier molecular flexibility index (Phi) is 4.69. The molecule has 1 amide bonds. The molecule has 0 radical (unpaired) electrons. The Morgan fingerprint density at radius 2 is 1.82 bits per heavy atom. The third-order valence-corrected chi connectivity index (χ3v) is 2.56. The number of carbonyl (C=O) groups excluding carboxylic acids is 1. The molecular weight excluding hydrogens is 218 g/mol. The Morgan fingerprint density at radius 3 is 2.35 bits per heavy atom. The summed E-state index contributed by atoms with van der Waals surface area (Å²) in [6.45, 7) is 4.16. The van der Waals surface area contributed by atoms with Gasteiger partial charge >= 0.3 is 5.97 Å². The van der Waals surface area contributed by atoms with Crippen LogP contribution in [0.15, 0.2) is 18.2 Å². The lowest BCUT2D eigenvalue weighted by Gasteiger charge is -2.09. The predicted octanol–water partition coefficient (Wildman–Crippen LogP) is 1.90. The summed E-state index contributed by atoms with van der Waals surface area (Å²) in [5.74, 6) is -0.975. The van der Waals surface area contributed by atoms with Gasteiger partial charge in [-0.25, -0.2) is 0 Å². The minimum Gasteiger partial charge on any atom is -0.481 e. The van der Waals surface area contributed by atoms with Crippen molar-refractivity contribution < 1.29 is 14.7 Å². The number of aryl methyl sites for hydroxylation is 2. The summed E-state index contributed by atoms with van der Waals surface area (Å²) in [6.07, 6.45) is 0.527. The molecule has 0 unspecified atom stereocenters. The highest BCUT2D eigenvalue weighted by Crippen LogP contribution is 2.12. The van der Waals surface area contributed by atoms with Gasteiger partial charge in [0.25, 0.3) is 5.91 Å². The normalized spacial score (nSPS) is 10.0. The van der Waals surface area contributed by atoms with Crippen molar-refractivity contribution in [1.29, 1.82) is 0 Å². The van der Waals surface area contributed by atoms with Gasteiger partial charge in [0.15, 0.2) is 0 Å². The summed E-state index contributed by atoms with van der Waals surface area (Å²) in [5, 5.41) is 11.2. The molecule has 0 aliphatic carbocycles. The van der Waals surface area contributed by atoms with Gasteiger partial charge in [-0.3, -0.25) is 9.59 Å². The van der Waals surface area contributed by atoms with Crippen molar-refractivity contribution in [3.8, 4) is 0 Å². The van der Waals surface area contributed by atoms with Gasteiger partial charge in [-0.15, -0.1) is 0 Å². The molecule has 0 heterocycles. The van der Waals surface area contributed by atoms with E-state index in [9.17, 15) is 9.59 Å². The van der Waals surface area contributed by atoms with Crippen molar-refractivity contribution >= 4 is 11.9 Å². The Morgan fingerprint density at radius 1 is 1.24 bits per heavy atom. The fourth-order valence-corrected chi connectivity index (χ4v) is 1.70. The number of benzene rings is 1. The minimum atomic E-state index is -0.841. The van der Waals surface area contributed by atoms with Crippen molar-refractivity contribution in [1.82, 2.24) is 5.32 Å². The molecule has 4 nitrogen and oxygen atoms in total. The smallest absolute Gasteiger partial charge is 0.303 e. The van der Waals surface area contributed by atoms with Crippen LogP contribution in [-0.2, 0) is 4.79 Å². The van der Waals surface area contributed by atoms with Crippen molar-refractivity contribution in [2.24, 2.45) is 0 Å². The third kappa shape index (κ3) is 3.90. The van der Waals surface area contributed by atoms with E-state index in [1.807, 2.05) is 32.0 Å². The van der Waals surface area contributed by atoms with Crippen LogP contribution >= 0.6 is 0 Å². The number of hydrogen-bond acceptors (Lipinski definition) is 2. The lowest BCUT2D eigenvalue weighted by Crippen LogP contribution is -2.26. The van der Waals surface area contributed by atoms with Crippen molar-refractivity contribution in [3.05, 3.63) is 34.9 Å². The average Bonchev–Trinajstić information content (AvgIpc) is 2.24. The number of aliphatic carboxylic acids is 1. The molecule has 1 aromatic carbocycles. The van der Waals surface area contributed by atoms with Gasteiger partial charge in [-0.05, 0) is 31.4 Å². The predicted molar refractivity (Wildman–Crippen MR) is 65.1 cm³/mol. The highest BCUT2D eigenvalue weighted by Gasteiger charge is 2.10.